The molecule has 6 heteroatoms. The minimum Gasteiger partial charge on any atom is -0.340 e. The average Bonchev–Trinajstić information content (AvgIpc) is 3.26. The highest BCUT2D eigenvalue weighted by Gasteiger charge is 2.17. The summed E-state index contributed by atoms with van der Waals surface area (Å²) in [6.45, 7) is 4.32. The van der Waals surface area contributed by atoms with E-state index in [9.17, 15) is 4.79 Å². The van der Waals surface area contributed by atoms with E-state index in [0.29, 0.717) is 5.69 Å². The third kappa shape index (κ3) is 4.40. The van der Waals surface area contributed by atoms with E-state index in [-0.39, 0.29) is 5.91 Å². The van der Waals surface area contributed by atoms with Crippen molar-refractivity contribution >= 4 is 28.6 Å². The van der Waals surface area contributed by atoms with Crippen LogP contribution in [0.25, 0.3) is 9.88 Å². The van der Waals surface area contributed by atoms with Gasteiger partial charge < -0.3 is 9.80 Å². The number of carbonyl (C=O) groups excluding carboxylic acids is 1. The van der Waals surface area contributed by atoms with Crippen LogP contribution in [-0.4, -0.2) is 53.9 Å². The van der Waals surface area contributed by atoms with Crippen LogP contribution in [0.3, 0.4) is 0 Å². The van der Waals surface area contributed by atoms with Crippen molar-refractivity contribution in [1.29, 1.82) is 0 Å². The van der Waals surface area contributed by atoms with E-state index in [1.54, 1.807) is 27.6 Å². The summed E-state index contributed by atoms with van der Waals surface area (Å²) in [5.41, 5.74) is 0.568. The largest absolute Gasteiger partial charge is 0.340 e. The van der Waals surface area contributed by atoms with Crippen LogP contribution in [0.1, 0.15) is 36.2 Å². The van der Waals surface area contributed by atoms with E-state index >= 15 is 0 Å². The molecule has 0 radical (unpaired) electrons. The van der Waals surface area contributed by atoms with E-state index in [0.717, 1.165) is 29.4 Å². The van der Waals surface area contributed by atoms with Gasteiger partial charge in [0.15, 0.2) is 0 Å². The Bertz CT molecular complexity index is 618. The number of carbonyl (C=O) groups is 1. The molecule has 0 atom stereocenters. The van der Waals surface area contributed by atoms with Crippen molar-refractivity contribution in [3.8, 4) is 9.88 Å². The molecule has 2 aromatic heterocycles. The molecule has 1 saturated heterocycles. The number of piperidine rings is 1. The predicted octanol–water partition coefficient (Wildman–Crippen LogP) is 3.82. The first-order chi connectivity index (χ1) is 11.2. The minimum atomic E-state index is 0.0303. The topological polar surface area (TPSA) is 36.4 Å². The van der Waals surface area contributed by atoms with Gasteiger partial charge in [-0.05, 0) is 50.3 Å². The lowest BCUT2D eigenvalue weighted by Gasteiger charge is -2.27. The minimum absolute atomic E-state index is 0.0303. The fraction of sp³-hybridized carbons (Fsp3) is 0.529. The van der Waals surface area contributed by atoms with Crippen LogP contribution in [0, 0.1) is 0 Å². The van der Waals surface area contributed by atoms with E-state index < -0.39 is 0 Å². The summed E-state index contributed by atoms with van der Waals surface area (Å²) in [4.78, 5) is 22.4. The first kappa shape index (κ1) is 16.6. The number of thiazole rings is 1. The summed E-state index contributed by atoms with van der Waals surface area (Å²) in [6.07, 6.45) is 5.04. The number of likely N-dealkylation sites (tertiary alicyclic amines) is 1. The van der Waals surface area contributed by atoms with Gasteiger partial charge in [0.05, 0.1) is 4.88 Å². The van der Waals surface area contributed by atoms with E-state index in [1.807, 2.05) is 29.9 Å². The van der Waals surface area contributed by atoms with Crippen LogP contribution in [0.2, 0.25) is 0 Å². The maximum atomic E-state index is 12.5. The van der Waals surface area contributed by atoms with Crippen molar-refractivity contribution in [2.75, 3.05) is 33.2 Å². The molecule has 1 amide bonds. The lowest BCUT2D eigenvalue weighted by atomic mass is 10.1. The number of thiophene rings is 1. The Labute approximate surface area is 145 Å². The molecule has 0 unspecified atom stereocenters. The summed E-state index contributed by atoms with van der Waals surface area (Å²) >= 11 is 3.20. The molecule has 1 aliphatic rings. The van der Waals surface area contributed by atoms with Crippen LogP contribution in [0.5, 0.6) is 0 Å². The van der Waals surface area contributed by atoms with Gasteiger partial charge in [-0.2, -0.15) is 0 Å². The Morgan fingerprint density at radius 1 is 1.30 bits per heavy atom. The molecule has 4 nitrogen and oxygen atoms in total. The highest BCUT2D eigenvalue weighted by Crippen LogP contribution is 2.28. The molecule has 1 aliphatic heterocycles. The van der Waals surface area contributed by atoms with Gasteiger partial charge in [-0.15, -0.1) is 22.7 Å². The highest BCUT2D eigenvalue weighted by molar-refractivity contribution is 7.20. The van der Waals surface area contributed by atoms with E-state index in [2.05, 4.69) is 9.88 Å². The van der Waals surface area contributed by atoms with Crippen molar-refractivity contribution < 1.29 is 4.79 Å². The molecular formula is C17H23N3OS2. The van der Waals surface area contributed by atoms with E-state index in [4.69, 9.17) is 0 Å². The summed E-state index contributed by atoms with van der Waals surface area (Å²) in [6, 6.07) is 4.05. The third-order valence-corrected chi connectivity index (χ3v) is 6.10. The molecule has 1 fully saturated rings. The molecule has 0 aromatic carbocycles. The third-order valence-electron chi connectivity index (χ3n) is 4.22. The van der Waals surface area contributed by atoms with Gasteiger partial charge in [-0.1, -0.05) is 12.5 Å². The molecule has 0 N–H and O–H groups in total. The van der Waals surface area contributed by atoms with Gasteiger partial charge in [0.25, 0.3) is 5.91 Å². The fourth-order valence-corrected chi connectivity index (χ4v) is 4.51. The van der Waals surface area contributed by atoms with Crippen molar-refractivity contribution in [3.63, 3.8) is 0 Å². The Kier molecular flexibility index (Phi) is 5.80. The van der Waals surface area contributed by atoms with Crippen molar-refractivity contribution in [2.24, 2.45) is 0 Å². The zero-order chi connectivity index (χ0) is 16.1. The zero-order valence-electron chi connectivity index (χ0n) is 13.5. The number of nitrogens with zero attached hydrogens (tertiary/aromatic N) is 3. The summed E-state index contributed by atoms with van der Waals surface area (Å²) in [5.74, 6) is 0.0303. The normalized spacial score (nSPS) is 15.7. The van der Waals surface area contributed by atoms with Gasteiger partial charge in [0, 0.05) is 19.0 Å². The second-order valence-electron chi connectivity index (χ2n) is 6.00. The Morgan fingerprint density at radius 3 is 2.87 bits per heavy atom. The van der Waals surface area contributed by atoms with Gasteiger partial charge in [-0.3, -0.25) is 4.79 Å². The number of hydrogen-bond donors (Lipinski definition) is 0. The van der Waals surface area contributed by atoms with Crippen LogP contribution in [0.15, 0.2) is 22.9 Å². The first-order valence-electron chi connectivity index (χ1n) is 8.21. The van der Waals surface area contributed by atoms with Crippen LogP contribution < -0.4 is 0 Å². The SMILES string of the molecule is CN(CCCN1CCCCC1)C(=O)c1csc(-c2cccs2)n1. The molecule has 0 aliphatic carbocycles. The van der Waals surface area contributed by atoms with Crippen molar-refractivity contribution in [2.45, 2.75) is 25.7 Å². The monoisotopic (exact) mass is 349 g/mol. The van der Waals surface area contributed by atoms with Crippen LogP contribution in [-0.2, 0) is 0 Å². The summed E-state index contributed by atoms with van der Waals surface area (Å²) in [5, 5.41) is 4.84. The average molecular weight is 350 g/mol. The maximum absolute atomic E-state index is 12.5. The smallest absolute Gasteiger partial charge is 0.273 e. The fourth-order valence-electron chi connectivity index (χ4n) is 2.90. The highest BCUT2D eigenvalue weighted by atomic mass is 32.1. The van der Waals surface area contributed by atoms with Crippen molar-refractivity contribution in [1.82, 2.24) is 14.8 Å². The molecule has 0 spiro atoms. The Balaban J connectivity index is 1.49. The quantitative estimate of drug-likeness (QED) is 0.795. The molecule has 124 valence electrons. The number of aromatic nitrogens is 1. The molecule has 23 heavy (non-hydrogen) atoms. The Hall–Kier alpha value is -1.24. The van der Waals surface area contributed by atoms with Crippen LogP contribution in [0.4, 0.5) is 0 Å². The second kappa shape index (κ2) is 8.04. The maximum Gasteiger partial charge on any atom is 0.273 e. The van der Waals surface area contributed by atoms with Crippen molar-refractivity contribution in [3.05, 3.63) is 28.6 Å². The summed E-state index contributed by atoms with van der Waals surface area (Å²) in [7, 11) is 1.88. The van der Waals surface area contributed by atoms with Gasteiger partial charge in [-0.25, -0.2) is 4.98 Å². The molecule has 0 bridgehead atoms. The van der Waals surface area contributed by atoms with Gasteiger partial charge in [0.2, 0.25) is 0 Å². The molecule has 0 saturated carbocycles. The first-order valence-corrected chi connectivity index (χ1v) is 9.97. The molecule has 3 heterocycles. The standard InChI is InChI=1S/C17H23N3OS2/c1-19(8-6-11-20-9-3-2-4-10-20)17(21)14-13-23-16(18-14)15-7-5-12-22-15/h5,7,12-13H,2-4,6,8-11H2,1H3. The number of rotatable bonds is 6. The lowest BCUT2D eigenvalue weighted by molar-refractivity contribution is 0.0782. The zero-order valence-corrected chi connectivity index (χ0v) is 15.2. The van der Waals surface area contributed by atoms with Gasteiger partial charge in [0.1, 0.15) is 10.7 Å². The number of hydrogen-bond acceptors (Lipinski definition) is 5. The number of amides is 1. The second-order valence-corrected chi connectivity index (χ2v) is 7.80. The predicted molar refractivity (Wildman–Crippen MR) is 97.3 cm³/mol. The molecule has 2 aromatic rings. The molecular weight excluding hydrogens is 326 g/mol. The lowest BCUT2D eigenvalue weighted by Crippen LogP contribution is -2.34. The molecule has 3 rings (SSSR count). The summed E-state index contributed by atoms with van der Waals surface area (Å²) < 4.78 is 0. The van der Waals surface area contributed by atoms with E-state index in [1.165, 1.54) is 32.4 Å². The Morgan fingerprint density at radius 2 is 2.13 bits per heavy atom. The van der Waals surface area contributed by atoms with Gasteiger partial charge >= 0.3 is 0 Å². The van der Waals surface area contributed by atoms with Crippen LogP contribution >= 0.6 is 22.7 Å².